The number of benzene rings is 2. The number of amides is 1. The first-order valence-electron chi connectivity index (χ1n) is 8.96. The summed E-state index contributed by atoms with van der Waals surface area (Å²) in [6.45, 7) is 3.40. The van der Waals surface area contributed by atoms with Crippen molar-refractivity contribution in [2.45, 2.75) is 26.3 Å². The standard InChI is InChI=1S/C21H26ClNO4/c1-4-26-19-8-5-6-9-20(19)27-13-7-10-21(24)23(2)15-16-14-17(22)11-12-18(16)25-3/h5-6,8-9,11-12,14H,4,7,10,13,15H2,1-3H3. The van der Waals surface area contributed by atoms with Crippen molar-refractivity contribution < 1.29 is 19.0 Å². The molecular formula is C21H26ClNO4. The van der Waals surface area contributed by atoms with Crippen LogP contribution in [0.15, 0.2) is 42.5 Å². The molecule has 0 saturated heterocycles. The van der Waals surface area contributed by atoms with Crippen LogP contribution in [0.3, 0.4) is 0 Å². The van der Waals surface area contributed by atoms with E-state index in [-0.39, 0.29) is 5.91 Å². The Morgan fingerprint density at radius 3 is 2.44 bits per heavy atom. The van der Waals surface area contributed by atoms with Gasteiger partial charge in [-0.2, -0.15) is 0 Å². The van der Waals surface area contributed by atoms with Crippen LogP contribution in [0.4, 0.5) is 0 Å². The van der Waals surface area contributed by atoms with Gasteiger partial charge in [0.05, 0.1) is 20.3 Å². The highest BCUT2D eigenvalue weighted by Gasteiger charge is 2.13. The SMILES string of the molecule is CCOc1ccccc1OCCCC(=O)N(C)Cc1cc(Cl)ccc1OC. The summed E-state index contributed by atoms with van der Waals surface area (Å²) < 4.78 is 16.6. The number of ether oxygens (including phenoxy) is 3. The van der Waals surface area contributed by atoms with E-state index in [1.54, 1.807) is 31.2 Å². The molecule has 27 heavy (non-hydrogen) atoms. The number of halogens is 1. The Hall–Kier alpha value is -2.40. The number of methoxy groups -OCH3 is 1. The van der Waals surface area contributed by atoms with Crippen molar-refractivity contribution in [2.24, 2.45) is 0 Å². The summed E-state index contributed by atoms with van der Waals surface area (Å²) >= 11 is 6.05. The zero-order chi connectivity index (χ0) is 19.6. The first-order valence-corrected chi connectivity index (χ1v) is 9.34. The van der Waals surface area contributed by atoms with E-state index in [0.29, 0.717) is 43.4 Å². The highest BCUT2D eigenvalue weighted by molar-refractivity contribution is 6.30. The summed E-state index contributed by atoms with van der Waals surface area (Å²) in [7, 11) is 3.37. The molecule has 0 heterocycles. The lowest BCUT2D eigenvalue weighted by molar-refractivity contribution is -0.130. The van der Waals surface area contributed by atoms with Crippen LogP contribution in [-0.4, -0.2) is 38.2 Å². The Kier molecular flexibility index (Phi) is 8.27. The van der Waals surface area contributed by atoms with Crippen molar-refractivity contribution in [1.29, 1.82) is 0 Å². The van der Waals surface area contributed by atoms with Crippen molar-refractivity contribution >= 4 is 17.5 Å². The van der Waals surface area contributed by atoms with E-state index in [2.05, 4.69) is 0 Å². The molecule has 2 rings (SSSR count). The average Bonchev–Trinajstić information content (AvgIpc) is 2.66. The van der Waals surface area contributed by atoms with Crippen LogP contribution < -0.4 is 14.2 Å². The van der Waals surface area contributed by atoms with Gasteiger partial charge in [-0.25, -0.2) is 0 Å². The molecule has 0 saturated carbocycles. The maximum absolute atomic E-state index is 12.4. The molecule has 0 aliphatic rings. The van der Waals surface area contributed by atoms with Gasteiger partial charge in [0.25, 0.3) is 0 Å². The number of hydrogen-bond acceptors (Lipinski definition) is 4. The maximum Gasteiger partial charge on any atom is 0.222 e. The molecule has 5 nitrogen and oxygen atoms in total. The summed E-state index contributed by atoms with van der Waals surface area (Å²) in [5.41, 5.74) is 0.878. The molecule has 0 aliphatic carbocycles. The molecule has 0 radical (unpaired) electrons. The normalized spacial score (nSPS) is 10.4. The van der Waals surface area contributed by atoms with E-state index in [1.807, 2.05) is 37.3 Å². The highest BCUT2D eigenvalue weighted by atomic mass is 35.5. The third kappa shape index (κ3) is 6.36. The van der Waals surface area contributed by atoms with Gasteiger partial charge in [0, 0.05) is 30.6 Å². The van der Waals surface area contributed by atoms with E-state index >= 15 is 0 Å². The van der Waals surface area contributed by atoms with Gasteiger partial charge in [0.2, 0.25) is 5.91 Å². The first kappa shape index (κ1) is 20.9. The molecule has 0 fully saturated rings. The molecule has 0 N–H and O–H groups in total. The van der Waals surface area contributed by atoms with Crippen LogP contribution >= 0.6 is 11.6 Å². The van der Waals surface area contributed by atoms with Gasteiger partial charge in [-0.15, -0.1) is 0 Å². The molecule has 0 aliphatic heterocycles. The summed E-state index contributed by atoms with van der Waals surface area (Å²) in [4.78, 5) is 14.1. The predicted molar refractivity (Wildman–Crippen MR) is 107 cm³/mol. The molecule has 2 aromatic carbocycles. The zero-order valence-electron chi connectivity index (χ0n) is 16.0. The molecular weight excluding hydrogens is 366 g/mol. The third-order valence-corrected chi connectivity index (χ3v) is 4.25. The molecule has 0 atom stereocenters. The Labute approximate surface area is 165 Å². The van der Waals surface area contributed by atoms with Gasteiger partial charge in [0.1, 0.15) is 5.75 Å². The van der Waals surface area contributed by atoms with Crippen LogP contribution in [0.5, 0.6) is 17.2 Å². The number of carbonyl (C=O) groups excluding carboxylic acids is 1. The smallest absolute Gasteiger partial charge is 0.222 e. The van der Waals surface area contributed by atoms with Crippen LogP contribution in [0.25, 0.3) is 0 Å². The Balaban J connectivity index is 1.81. The predicted octanol–water partition coefficient (Wildman–Crippen LogP) is 4.56. The van der Waals surface area contributed by atoms with E-state index in [9.17, 15) is 4.79 Å². The number of rotatable bonds is 10. The van der Waals surface area contributed by atoms with Crippen molar-refractivity contribution in [3.63, 3.8) is 0 Å². The minimum Gasteiger partial charge on any atom is -0.496 e. The van der Waals surface area contributed by atoms with Crippen molar-refractivity contribution in [1.82, 2.24) is 4.90 Å². The van der Waals surface area contributed by atoms with E-state index in [4.69, 9.17) is 25.8 Å². The Bertz CT molecular complexity index is 751. The molecule has 0 unspecified atom stereocenters. The second kappa shape index (κ2) is 10.7. The topological polar surface area (TPSA) is 48.0 Å². The fourth-order valence-electron chi connectivity index (χ4n) is 2.65. The lowest BCUT2D eigenvalue weighted by atomic mass is 10.2. The fraction of sp³-hybridized carbons (Fsp3) is 0.381. The third-order valence-electron chi connectivity index (χ3n) is 4.02. The Morgan fingerprint density at radius 2 is 1.78 bits per heavy atom. The van der Waals surface area contributed by atoms with Gasteiger partial charge in [-0.1, -0.05) is 23.7 Å². The van der Waals surface area contributed by atoms with E-state index in [0.717, 1.165) is 17.1 Å². The Morgan fingerprint density at radius 1 is 1.07 bits per heavy atom. The molecule has 0 spiro atoms. The molecule has 6 heteroatoms. The largest absolute Gasteiger partial charge is 0.496 e. The maximum atomic E-state index is 12.4. The van der Waals surface area contributed by atoms with Gasteiger partial charge in [-0.05, 0) is 43.7 Å². The lowest BCUT2D eigenvalue weighted by Crippen LogP contribution is -2.26. The molecule has 0 bridgehead atoms. The van der Waals surface area contributed by atoms with Gasteiger partial charge in [0.15, 0.2) is 11.5 Å². The second-order valence-electron chi connectivity index (χ2n) is 6.04. The minimum absolute atomic E-state index is 0.0405. The highest BCUT2D eigenvalue weighted by Crippen LogP contribution is 2.27. The number of nitrogens with zero attached hydrogens (tertiary/aromatic N) is 1. The van der Waals surface area contributed by atoms with Crippen molar-refractivity contribution in [3.8, 4) is 17.2 Å². The van der Waals surface area contributed by atoms with Crippen molar-refractivity contribution in [2.75, 3.05) is 27.4 Å². The van der Waals surface area contributed by atoms with Gasteiger partial charge in [-0.3, -0.25) is 4.79 Å². The molecule has 1 amide bonds. The monoisotopic (exact) mass is 391 g/mol. The summed E-state index contributed by atoms with van der Waals surface area (Å²) in [6, 6.07) is 12.9. The number of carbonyl (C=O) groups is 1. The lowest BCUT2D eigenvalue weighted by Gasteiger charge is -2.19. The number of hydrogen-bond donors (Lipinski definition) is 0. The molecule has 2 aromatic rings. The fourth-order valence-corrected chi connectivity index (χ4v) is 2.85. The van der Waals surface area contributed by atoms with Crippen LogP contribution in [0.2, 0.25) is 5.02 Å². The van der Waals surface area contributed by atoms with Crippen molar-refractivity contribution in [3.05, 3.63) is 53.1 Å². The average molecular weight is 392 g/mol. The van der Waals surface area contributed by atoms with Gasteiger partial charge >= 0.3 is 0 Å². The quantitative estimate of drug-likeness (QED) is 0.557. The second-order valence-corrected chi connectivity index (χ2v) is 6.47. The summed E-state index contributed by atoms with van der Waals surface area (Å²) in [5, 5.41) is 0.619. The van der Waals surface area contributed by atoms with Gasteiger partial charge < -0.3 is 19.1 Å². The van der Waals surface area contributed by atoms with Crippen LogP contribution in [-0.2, 0) is 11.3 Å². The summed E-state index contributed by atoms with van der Waals surface area (Å²) in [6.07, 6.45) is 1.02. The zero-order valence-corrected chi connectivity index (χ0v) is 16.8. The van der Waals surface area contributed by atoms with Crippen LogP contribution in [0.1, 0.15) is 25.3 Å². The molecule has 0 aromatic heterocycles. The minimum atomic E-state index is 0.0405. The van der Waals surface area contributed by atoms with E-state index < -0.39 is 0 Å². The summed E-state index contributed by atoms with van der Waals surface area (Å²) in [5.74, 6) is 2.17. The molecule has 146 valence electrons. The number of para-hydroxylation sites is 2. The first-order chi connectivity index (χ1) is 13.0. The van der Waals surface area contributed by atoms with Crippen LogP contribution in [0, 0.1) is 0 Å². The van der Waals surface area contributed by atoms with E-state index in [1.165, 1.54) is 0 Å².